The van der Waals surface area contributed by atoms with Crippen LogP contribution in [0, 0.1) is 11.8 Å². The monoisotopic (exact) mass is 274 g/mol. The zero-order valence-corrected chi connectivity index (χ0v) is 12.1. The predicted molar refractivity (Wildman–Crippen MR) is 74.2 cm³/mol. The van der Waals surface area contributed by atoms with Gasteiger partial charge in [-0.3, -0.25) is 0 Å². The summed E-state index contributed by atoms with van der Waals surface area (Å²) in [6.07, 6.45) is 5.80. The van der Waals surface area contributed by atoms with Gasteiger partial charge < -0.3 is 11.1 Å². The second kappa shape index (κ2) is 5.47. The molecule has 0 spiro atoms. The smallest absolute Gasteiger partial charge is 0.152 e. The zero-order chi connectivity index (χ0) is 13.2. The van der Waals surface area contributed by atoms with E-state index < -0.39 is 9.84 Å². The Hall–Kier alpha value is -0.130. The molecule has 0 radical (unpaired) electrons. The molecule has 0 aromatic rings. The number of sulfone groups is 1. The Morgan fingerprint density at radius 3 is 2.50 bits per heavy atom. The lowest BCUT2D eigenvalue weighted by Gasteiger charge is -2.34. The van der Waals surface area contributed by atoms with Crippen LogP contribution < -0.4 is 11.1 Å². The minimum absolute atomic E-state index is 0.213. The van der Waals surface area contributed by atoms with Gasteiger partial charge in [-0.25, -0.2) is 8.42 Å². The third kappa shape index (κ3) is 3.45. The van der Waals surface area contributed by atoms with Crippen LogP contribution >= 0.6 is 0 Å². The van der Waals surface area contributed by atoms with Crippen molar-refractivity contribution in [3.05, 3.63) is 0 Å². The molecule has 2 aliphatic rings. The van der Waals surface area contributed by atoms with Crippen LogP contribution in [0.4, 0.5) is 0 Å². The normalized spacial score (nSPS) is 39.9. The molecule has 3 atom stereocenters. The molecule has 18 heavy (non-hydrogen) atoms. The minimum atomic E-state index is -2.81. The summed E-state index contributed by atoms with van der Waals surface area (Å²) in [6, 6.07) is 0. The van der Waals surface area contributed by atoms with Crippen molar-refractivity contribution in [1.29, 1.82) is 0 Å². The molecule has 1 aliphatic carbocycles. The molecule has 4 nitrogen and oxygen atoms in total. The summed E-state index contributed by atoms with van der Waals surface area (Å²) in [5.74, 6) is 1.87. The van der Waals surface area contributed by atoms with Crippen molar-refractivity contribution < 1.29 is 8.42 Å². The van der Waals surface area contributed by atoms with Crippen LogP contribution in [0.5, 0.6) is 0 Å². The van der Waals surface area contributed by atoms with Crippen LogP contribution in [0.2, 0.25) is 0 Å². The van der Waals surface area contributed by atoms with Crippen molar-refractivity contribution in [2.24, 2.45) is 17.6 Å². The Kier molecular flexibility index (Phi) is 4.34. The lowest BCUT2D eigenvalue weighted by Crippen LogP contribution is -2.47. The van der Waals surface area contributed by atoms with Crippen LogP contribution in [0.25, 0.3) is 0 Å². The van der Waals surface area contributed by atoms with Gasteiger partial charge in [0.25, 0.3) is 0 Å². The van der Waals surface area contributed by atoms with Crippen molar-refractivity contribution in [2.75, 3.05) is 24.6 Å². The number of nitrogens with one attached hydrogen (secondary N) is 1. The van der Waals surface area contributed by atoms with Crippen LogP contribution in [0.15, 0.2) is 0 Å². The van der Waals surface area contributed by atoms with Crippen LogP contribution in [-0.4, -0.2) is 38.6 Å². The van der Waals surface area contributed by atoms with Gasteiger partial charge in [0.05, 0.1) is 11.5 Å². The Bertz CT molecular complexity index is 382. The zero-order valence-electron chi connectivity index (χ0n) is 11.3. The van der Waals surface area contributed by atoms with E-state index in [2.05, 4.69) is 5.32 Å². The van der Waals surface area contributed by atoms with Gasteiger partial charge in [-0.15, -0.1) is 0 Å². The molecule has 1 saturated carbocycles. The number of hydrogen-bond donors (Lipinski definition) is 2. The van der Waals surface area contributed by atoms with E-state index in [9.17, 15) is 8.42 Å². The summed E-state index contributed by atoms with van der Waals surface area (Å²) < 4.78 is 23.1. The molecule has 2 rings (SSSR count). The summed E-state index contributed by atoms with van der Waals surface area (Å²) in [5.41, 5.74) is 5.62. The summed E-state index contributed by atoms with van der Waals surface area (Å²) in [4.78, 5) is 0. The SMILES string of the molecule is CC1(NCC2CCCCC2CN)CCS(=O)(=O)C1. The van der Waals surface area contributed by atoms with E-state index in [1.807, 2.05) is 6.92 Å². The Labute approximate surface area is 111 Å². The molecule has 3 unspecified atom stereocenters. The van der Waals surface area contributed by atoms with Crippen LogP contribution in [0.3, 0.4) is 0 Å². The summed E-state index contributed by atoms with van der Waals surface area (Å²) in [5, 5.41) is 3.51. The maximum absolute atomic E-state index is 11.6. The average molecular weight is 274 g/mol. The minimum Gasteiger partial charge on any atom is -0.330 e. The fraction of sp³-hybridized carbons (Fsp3) is 1.00. The number of nitrogens with two attached hydrogens (primary N) is 1. The third-order valence-corrected chi connectivity index (χ3v) is 6.57. The summed E-state index contributed by atoms with van der Waals surface area (Å²) >= 11 is 0. The predicted octanol–water partition coefficient (Wildman–Crippen LogP) is 0.918. The quantitative estimate of drug-likeness (QED) is 0.799. The largest absolute Gasteiger partial charge is 0.330 e. The lowest BCUT2D eigenvalue weighted by atomic mass is 9.79. The Morgan fingerprint density at radius 2 is 1.94 bits per heavy atom. The van der Waals surface area contributed by atoms with Gasteiger partial charge in [-0.2, -0.15) is 0 Å². The maximum atomic E-state index is 11.6. The van der Waals surface area contributed by atoms with E-state index >= 15 is 0 Å². The van der Waals surface area contributed by atoms with Gasteiger partial charge in [0, 0.05) is 5.54 Å². The van der Waals surface area contributed by atoms with Crippen molar-refractivity contribution in [3.63, 3.8) is 0 Å². The molecule has 1 heterocycles. The average Bonchev–Trinajstić information content (AvgIpc) is 2.62. The third-order valence-electron chi connectivity index (χ3n) is 4.66. The Balaban J connectivity index is 1.87. The fourth-order valence-corrected chi connectivity index (χ4v) is 5.51. The molecule has 1 saturated heterocycles. The molecule has 1 aliphatic heterocycles. The van der Waals surface area contributed by atoms with E-state index in [-0.39, 0.29) is 5.54 Å². The molecule has 0 amide bonds. The molecular formula is C13H26N2O2S. The van der Waals surface area contributed by atoms with Crippen LogP contribution in [0.1, 0.15) is 39.0 Å². The van der Waals surface area contributed by atoms with Gasteiger partial charge in [-0.1, -0.05) is 12.8 Å². The highest BCUT2D eigenvalue weighted by Gasteiger charge is 2.38. The van der Waals surface area contributed by atoms with E-state index in [0.29, 0.717) is 23.3 Å². The van der Waals surface area contributed by atoms with E-state index in [4.69, 9.17) is 5.73 Å². The van der Waals surface area contributed by atoms with Gasteiger partial charge in [0.1, 0.15) is 0 Å². The first-order valence-electron chi connectivity index (χ1n) is 7.10. The highest BCUT2D eigenvalue weighted by atomic mass is 32.2. The second-order valence-electron chi connectivity index (χ2n) is 6.32. The fourth-order valence-electron chi connectivity index (χ4n) is 3.39. The van der Waals surface area contributed by atoms with Crippen molar-refractivity contribution in [1.82, 2.24) is 5.32 Å². The highest BCUT2D eigenvalue weighted by molar-refractivity contribution is 7.91. The van der Waals surface area contributed by atoms with Crippen LogP contribution in [-0.2, 0) is 9.84 Å². The molecule has 0 aromatic heterocycles. The van der Waals surface area contributed by atoms with Gasteiger partial charge in [0.2, 0.25) is 0 Å². The first kappa shape index (κ1) is 14.3. The first-order chi connectivity index (χ1) is 8.44. The molecule has 0 aromatic carbocycles. The number of rotatable bonds is 4. The molecule has 5 heteroatoms. The summed E-state index contributed by atoms with van der Waals surface area (Å²) in [7, 11) is -2.81. The molecular weight excluding hydrogens is 248 g/mol. The van der Waals surface area contributed by atoms with E-state index in [1.54, 1.807) is 0 Å². The molecule has 0 bridgehead atoms. The highest BCUT2D eigenvalue weighted by Crippen LogP contribution is 2.30. The van der Waals surface area contributed by atoms with Crippen molar-refractivity contribution in [2.45, 2.75) is 44.6 Å². The molecule has 106 valence electrons. The van der Waals surface area contributed by atoms with Gasteiger partial charge in [0.15, 0.2) is 9.84 Å². The standard InChI is InChI=1S/C13H26N2O2S/c1-13(6-7-18(16,17)10-13)15-9-12-5-3-2-4-11(12)8-14/h11-12,15H,2-10,14H2,1H3. The van der Waals surface area contributed by atoms with Crippen molar-refractivity contribution in [3.8, 4) is 0 Å². The number of hydrogen-bond acceptors (Lipinski definition) is 4. The Morgan fingerprint density at radius 1 is 1.28 bits per heavy atom. The lowest BCUT2D eigenvalue weighted by molar-refractivity contribution is 0.217. The van der Waals surface area contributed by atoms with Gasteiger partial charge >= 0.3 is 0 Å². The van der Waals surface area contributed by atoms with E-state index in [0.717, 1.165) is 19.5 Å². The maximum Gasteiger partial charge on any atom is 0.152 e. The molecule has 3 N–H and O–H groups in total. The van der Waals surface area contributed by atoms with Crippen molar-refractivity contribution >= 4 is 9.84 Å². The molecule has 2 fully saturated rings. The van der Waals surface area contributed by atoms with E-state index in [1.165, 1.54) is 25.7 Å². The van der Waals surface area contributed by atoms with Gasteiger partial charge in [-0.05, 0) is 51.1 Å². The second-order valence-corrected chi connectivity index (χ2v) is 8.51. The topological polar surface area (TPSA) is 72.2 Å². The first-order valence-corrected chi connectivity index (χ1v) is 8.92. The summed E-state index contributed by atoms with van der Waals surface area (Å²) in [6.45, 7) is 3.73.